The summed E-state index contributed by atoms with van der Waals surface area (Å²) in [5.74, 6) is -0.905. The minimum Gasteiger partial charge on any atom is -0.462 e. The Morgan fingerprint density at radius 1 is 0.253 bits per heavy atom. The van der Waals surface area contributed by atoms with Gasteiger partial charge in [0.15, 0.2) is 6.10 Å². The molecule has 0 amide bonds. The molecule has 6 nitrogen and oxygen atoms in total. The number of ether oxygens (including phenoxy) is 3. The van der Waals surface area contributed by atoms with E-state index in [0.717, 1.165) is 154 Å². The fourth-order valence-corrected chi connectivity index (χ4v) is 9.76. The number of hydrogen-bond acceptors (Lipinski definition) is 6. The van der Waals surface area contributed by atoms with Gasteiger partial charge in [-0.05, 0) is 122 Å². The van der Waals surface area contributed by atoms with Crippen LogP contribution < -0.4 is 0 Å². The molecule has 0 aliphatic heterocycles. The second-order valence-electron chi connectivity index (χ2n) is 23.0. The Hall–Kier alpha value is -4.19. The second-order valence-corrected chi connectivity index (χ2v) is 23.0. The highest BCUT2D eigenvalue weighted by Gasteiger charge is 2.19. The van der Waals surface area contributed by atoms with Crippen molar-refractivity contribution in [2.45, 2.75) is 335 Å². The smallest absolute Gasteiger partial charge is 0.306 e. The Kier molecular flexibility index (Phi) is 66.7. The summed E-state index contributed by atoms with van der Waals surface area (Å²) in [4.78, 5) is 38.4. The molecule has 0 rings (SSSR count). The minimum absolute atomic E-state index is 0.0874. The van der Waals surface area contributed by atoms with Crippen LogP contribution in [0.1, 0.15) is 329 Å². The van der Waals surface area contributed by atoms with E-state index in [0.29, 0.717) is 19.3 Å². The van der Waals surface area contributed by atoms with E-state index < -0.39 is 6.10 Å². The first kappa shape index (κ1) is 78.8. The zero-order chi connectivity index (χ0) is 59.9. The van der Waals surface area contributed by atoms with Crippen LogP contribution in [0.5, 0.6) is 0 Å². The summed E-state index contributed by atoms with van der Waals surface area (Å²) in [6.45, 7) is 6.35. The Labute approximate surface area is 513 Å². The molecule has 1 unspecified atom stereocenters. The van der Waals surface area contributed by atoms with Crippen LogP contribution in [0, 0.1) is 0 Å². The number of carbonyl (C=O) groups excluding carboxylic acids is 3. The molecule has 0 saturated carbocycles. The van der Waals surface area contributed by atoms with Crippen molar-refractivity contribution in [2.24, 2.45) is 0 Å². The van der Waals surface area contributed by atoms with E-state index in [1.165, 1.54) is 135 Å². The predicted octanol–water partition coefficient (Wildman–Crippen LogP) is 24.3. The van der Waals surface area contributed by atoms with Crippen LogP contribution in [-0.2, 0) is 28.6 Å². The van der Waals surface area contributed by atoms with Gasteiger partial charge in [-0.25, -0.2) is 0 Å². The largest absolute Gasteiger partial charge is 0.462 e. The van der Waals surface area contributed by atoms with Gasteiger partial charge in [0, 0.05) is 19.3 Å². The molecule has 0 N–H and O–H groups in total. The fraction of sp³-hybridized carbons (Fsp3) is 0.701. The number of rotatable bonds is 63. The summed E-state index contributed by atoms with van der Waals surface area (Å²) in [5.41, 5.74) is 0. The van der Waals surface area contributed by atoms with Crippen LogP contribution >= 0.6 is 0 Å². The summed E-state index contributed by atoms with van der Waals surface area (Å²) in [6.07, 6.45) is 98.1. The van der Waals surface area contributed by atoms with E-state index in [2.05, 4.69) is 142 Å². The van der Waals surface area contributed by atoms with Crippen LogP contribution in [0.15, 0.2) is 122 Å². The molecule has 0 fully saturated rings. The van der Waals surface area contributed by atoms with Crippen LogP contribution in [0.3, 0.4) is 0 Å². The normalized spacial score (nSPS) is 12.9. The Morgan fingerprint density at radius 2 is 0.470 bits per heavy atom. The number of carbonyl (C=O) groups is 3. The van der Waals surface area contributed by atoms with Crippen molar-refractivity contribution in [3.05, 3.63) is 122 Å². The maximum Gasteiger partial charge on any atom is 0.306 e. The van der Waals surface area contributed by atoms with E-state index in [1.54, 1.807) is 0 Å². The molecule has 0 spiro atoms. The number of hydrogen-bond donors (Lipinski definition) is 0. The monoisotopic (exact) mass is 1150 g/mol. The molecule has 0 heterocycles. The van der Waals surface area contributed by atoms with Crippen molar-refractivity contribution >= 4 is 17.9 Å². The van der Waals surface area contributed by atoms with Gasteiger partial charge in [-0.3, -0.25) is 14.4 Å². The van der Waals surface area contributed by atoms with Gasteiger partial charge in [0.05, 0.1) is 0 Å². The van der Waals surface area contributed by atoms with Crippen molar-refractivity contribution in [2.75, 3.05) is 13.2 Å². The lowest BCUT2D eigenvalue weighted by molar-refractivity contribution is -0.167. The SMILES string of the molecule is CC/C=C\C/C=C\C/C=C\C/C=C\CCCCCCCCCCCCCCCCCCCCCCC(=O)OCC(COC(=O)CCCCCCC/C=C\C/C=C\CCC)OC(=O)CCCCCCCC/C=C\C/C=C\C/C=C\C/C=C\CC. The Morgan fingerprint density at radius 3 is 0.735 bits per heavy atom. The summed E-state index contributed by atoms with van der Waals surface area (Å²) in [7, 11) is 0. The lowest BCUT2D eigenvalue weighted by Crippen LogP contribution is -2.30. The van der Waals surface area contributed by atoms with E-state index in [4.69, 9.17) is 14.2 Å². The first-order valence-electron chi connectivity index (χ1n) is 35.0. The summed E-state index contributed by atoms with van der Waals surface area (Å²) in [6, 6.07) is 0. The Bertz CT molecular complexity index is 1700. The maximum absolute atomic E-state index is 12.9. The molecule has 0 aromatic heterocycles. The number of unbranched alkanes of at least 4 members (excludes halogenated alkanes) is 32. The van der Waals surface area contributed by atoms with Crippen molar-refractivity contribution in [1.29, 1.82) is 0 Å². The zero-order valence-electron chi connectivity index (χ0n) is 54.4. The molecule has 1 atom stereocenters. The van der Waals surface area contributed by atoms with Gasteiger partial charge in [0.2, 0.25) is 0 Å². The zero-order valence-corrected chi connectivity index (χ0v) is 54.4. The van der Waals surface area contributed by atoms with Crippen LogP contribution in [0.4, 0.5) is 0 Å². The molecule has 474 valence electrons. The summed E-state index contributed by atoms with van der Waals surface area (Å²) in [5, 5.41) is 0. The van der Waals surface area contributed by atoms with E-state index in [1.807, 2.05) is 0 Å². The lowest BCUT2D eigenvalue weighted by atomic mass is 10.0. The van der Waals surface area contributed by atoms with E-state index in [9.17, 15) is 14.4 Å². The average molecular weight is 1150 g/mol. The van der Waals surface area contributed by atoms with Gasteiger partial charge in [0.25, 0.3) is 0 Å². The maximum atomic E-state index is 12.9. The summed E-state index contributed by atoms with van der Waals surface area (Å²) >= 11 is 0. The van der Waals surface area contributed by atoms with Gasteiger partial charge in [-0.2, -0.15) is 0 Å². The van der Waals surface area contributed by atoms with Crippen molar-refractivity contribution < 1.29 is 28.6 Å². The predicted molar refractivity (Wildman–Crippen MR) is 362 cm³/mol. The molecule has 0 aromatic carbocycles. The molecule has 0 radical (unpaired) electrons. The topological polar surface area (TPSA) is 78.9 Å². The molecule has 0 aliphatic carbocycles. The Balaban J connectivity index is 4.20. The molecule has 6 heteroatoms. The standard InChI is InChI=1S/C77H130O6/c1-4-7-10-13-16-19-22-25-27-29-31-32-33-34-35-36-37-38-39-40-41-42-43-44-46-47-49-52-55-58-61-64-67-70-76(79)82-73-74(72-81-75(78)69-66-63-60-57-54-51-24-21-18-15-12-9-6-3)83-77(80)71-68-65-62-59-56-53-50-48-45-30-28-26-23-20-17-14-11-8-5-2/h7-8,10-12,15-17,19-21,24-28,31-32,45,48,74H,4-6,9,13-14,18,22-23,29-30,33-44,46-47,49-73H2,1-3H3/b10-7-,11-8-,15-12-,19-16-,20-17-,24-21-,27-25-,28-26-,32-31-,48-45-. The van der Waals surface area contributed by atoms with Gasteiger partial charge in [-0.1, -0.05) is 309 Å². The van der Waals surface area contributed by atoms with Crippen LogP contribution in [0.25, 0.3) is 0 Å². The lowest BCUT2D eigenvalue weighted by Gasteiger charge is -2.18. The average Bonchev–Trinajstić information content (AvgIpc) is 3.49. The third kappa shape index (κ3) is 68.5. The molecular formula is C77H130O6. The highest BCUT2D eigenvalue weighted by atomic mass is 16.6. The minimum atomic E-state index is -0.794. The van der Waals surface area contributed by atoms with Crippen molar-refractivity contribution in [3.63, 3.8) is 0 Å². The first-order valence-corrected chi connectivity index (χ1v) is 35.0. The van der Waals surface area contributed by atoms with E-state index in [-0.39, 0.29) is 31.1 Å². The van der Waals surface area contributed by atoms with Crippen molar-refractivity contribution in [3.8, 4) is 0 Å². The van der Waals surface area contributed by atoms with Crippen LogP contribution in [-0.4, -0.2) is 37.2 Å². The quantitative estimate of drug-likeness (QED) is 0.0261. The number of allylic oxidation sites excluding steroid dienone is 20. The number of esters is 3. The second kappa shape index (κ2) is 70.3. The first-order chi connectivity index (χ1) is 41.0. The van der Waals surface area contributed by atoms with Crippen molar-refractivity contribution in [1.82, 2.24) is 0 Å². The van der Waals surface area contributed by atoms with Gasteiger partial charge in [0.1, 0.15) is 13.2 Å². The fourth-order valence-electron chi connectivity index (χ4n) is 9.76. The van der Waals surface area contributed by atoms with Crippen LogP contribution in [0.2, 0.25) is 0 Å². The molecule has 0 aromatic rings. The van der Waals surface area contributed by atoms with Gasteiger partial charge >= 0.3 is 17.9 Å². The molecular weight excluding hydrogens is 1020 g/mol. The molecule has 0 aliphatic rings. The summed E-state index contributed by atoms with van der Waals surface area (Å²) < 4.78 is 16.9. The van der Waals surface area contributed by atoms with Gasteiger partial charge < -0.3 is 14.2 Å². The molecule has 83 heavy (non-hydrogen) atoms. The molecule has 0 bridgehead atoms. The highest BCUT2D eigenvalue weighted by molar-refractivity contribution is 5.71. The van der Waals surface area contributed by atoms with E-state index >= 15 is 0 Å². The third-order valence-electron chi connectivity index (χ3n) is 14.9. The highest BCUT2D eigenvalue weighted by Crippen LogP contribution is 2.17. The third-order valence-corrected chi connectivity index (χ3v) is 14.9. The van der Waals surface area contributed by atoms with Gasteiger partial charge in [-0.15, -0.1) is 0 Å². The molecule has 0 saturated heterocycles.